The zero-order valence-corrected chi connectivity index (χ0v) is 14.1. The first-order valence-electron chi connectivity index (χ1n) is 6.85. The largest absolute Gasteiger partial charge is 0.324 e. The highest BCUT2D eigenvalue weighted by atomic mass is 79.9. The van der Waals surface area contributed by atoms with E-state index in [-0.39, 0.29) is 18.0 Å². The van der Waals surface area contributed by atoms with Crippen LogP contribution in [-0.4, -0.2) is 21.4 Å². The molecule has 0 bridgehead atoms. The van der Waals surface area contributed by atoms with Crippen molar-refractivity contribution in [2.45, 2.75) is 18.7 Å². The molecular weight excluding hydrogens is 366 g/mol. The maximum Gasteiger partial charge on any atom is 0.267 e. The van der Waals surface area contributed by atoms with Crippen LogP contribution in [0.3, 0.4) is 0 Å². The van der Waals surface area contributed by atoms with Gasteiger partial charge in [0.05, 0.1) is 5.69 Å². The number of aryl methyl sites for hydroxylation is 1. The van der Waals surface area contributed by atoms with Crippen molar-refractivity contribution in [1.29, 1.82) is 0 Å². The van der Waals surface area contributed by atoms with Crippen molar-refractivity contribution in [3.05, 3.63) is 56.4 Å². The van der Waals surface area contributed by atoms with E-state index in [4.69, 9.17) is 0 Å². The van der Waals surface area contributed by atoms with E-state index in [0.717, 1.165) is 33.7 Å². The molecule has 5 nitrogen and oxygen atoms in total. The number of thioether (sulfide) groups is 1. The van der Waals surface area contributed by atoms with E-state index in [1.165, 1.54) is 4.68 Å². The minimum absolute atomic E-state index is 0.0776. The fourth-order valence-corrected chi connectivity index (χ4v) is 3.62. The summed E-state index contributed by atoms with van der Waals surface area (Å²) in [5, 5.41) is 7.10. The third-order valence-electron chi connectivity index (χ3n) is 3.31. The number of nitrogens with zero attached hydrogens (tertiary/aromatic N) is 2. The molecule has 3 rings (SSSR count). The monoisotopic (exact) mass is 379 g/mol. The lowest BCUT2D eigenvalue weighted by molar-refractivity contribution is -0.117. The summed E-state index contributed by atoms with van der Waals surface area (Å²) in [7, 11) is 0. The topological polar surface area (TPSA) is 64.0 Å². The van der Waals surface area contributed by atoms with Gasteiger partial charge < -0.3 is 5.32 Å². The normalized spacial score (nSPS) is 13.5. The van der Waals surface area contributed by atoms with E-state index in [1.807, 2.05) is 12.1 Å². The lowest BCUT2D eigenvalue weighted by atomic mass is 10.2. The molecule has 1 aliphatic heterocycles. The first-order chi connectivity index (χ1) is 10.6. The minimum atomic E-state index is -0.266. The Balaban J connectivity index is 1.75. The molecule has 0 saturated carbocycles. The molecule has 1 aromatic heterocycles. The van der Waals surface area contributed by atoms with Gasteiger partial charge in [0.15, 0.2) is 0 Å². The highest BCUT2D eigenvalue weighted by molar-refractivity contribution is 9.10. The Bertz CT molecular complexity index is 776. The van der Waals surface area contributed by atoms with Gasteiger partial charge in [0, 0.05) is 28.4 Å². The van der Waals surface area contributed by atoms with Gasteiger partial charge in [-0.15, -0.1) is 0 Å². The number of carbonyl (C=O) groups is 1. The Kier molecular flexibility index (Phi) is 4.63. The van der Waals surface area contributed by atoms with Gasteiger partial charge in [-0.1, -0.05) is 22.0 Å². The van der Waals surface area contributed by atoms with Crippen LogP contribution in [0.5, 0.6) is 0 Å². The highest BCUT2D eigenvalue weighted by Crippen LogP contribution is 2.21. The Morgan fingerprint density at radius 2 is 2.27 bits per heavy atom. The summed E-state index contributed by atoms with van der Waals surface area (Å²) in [6, 6.07) is 8.91. The van der Waals surface area contributed by atoms with Gasteiger partial charge in [0.25, 0.3) is 5.56 Å². The fraction of sp³-hybridized carbons (Fsp3) is 0.267. The SMILES string of the molecule is O=C(Cn1nc2c(cc1=O)CSCC2)Nc1cccc(Br)c1. The molecule has 2 heterocycles. The number of carbonyl (C=O) groups excluding carboxylic acids is 1. The molecule has 7 heteroatoms. The molecule has 1 N–H and O–H groups in total. The number of rotatable bonds is 3. The van der Waals surface area contributed by atoms with Crippen LogP contribution in [0.2, 0.25) is 0 Å². The Morgan fingerprint density at radius 1 is 1.41 bits per heavy atom. The van der Waals surface area contributed by atoms with E-state index in [1.54, 1.807) is 30.0 Å². The smallest absolute Gasteiger partial charge is 0.267 e. The second-order valence-corrected chi connectivity index (χ2v) is 6.99. The maximum absolute atomic E-state index is 12.1. The Hall–Kier alpha value is -1.60. The molecule has 0 radical (unpaired) electrons. The van der Waals surface area contributed by atoms with Crippen molar-refractivity contribution < 1.29 is 4.79 Å². The van der Waals surface area contributed by atoms with Crippen LogP contribution in [-0.2, 0) is 23.5 Å². The summed E-state index contributed by atoms with van der Waals surface area (Å²) < 4.78 is 2.12. The third kappa shape index (κ3) is 3.59. The number of hydrogen-bond acceptors (Lipinski definition) is 4. The molecule has 2 aromatic rings. The molecule has 1 aromatic carbocycles. The highest BCUT2D eigenvalue weighted by Gasteiger charge is 2.15. The van der Waals surface area contributed by atoms with E-state index >= 15 is 0 Å². The number of hydrogen-bond donors (Lipinski definition) is 1. The van der Waals surface area contributed by atoms with Crippen molar-refractivity contribution in [2.24, 2.45) is 0 Å². The molecule has 0 unspecified atom stereocenters. The summed E-state index contributed by atoms with van der Waals surface area (Å²) in [6.07, 6.45) is 0.841. The van der Waals surface area contributed by atoms with Gasteiger partial charge in [-0.2, -0.15) is 16.9 Å². The van der Waals surface area contributed by atoms with Crippen molar-refractivity contribution in [3.8, 4) is 0 Å². The summed E-state index contributed by atoms with van der Waals surface area (Å²) in [4.78, 5) is 24.1. The molecule has 0 atom stereocenters. The number of aromatic nitrogens is 2. The van der Waals surface area contributed by atoms with Gasteiger partial charge in [0.1, 0.15) is 6.54 Å². The maximum atomic E-state index is 12.1. The third-order valence-corrected chi connectivity index (χ3v) is 4.81. The molecule has 114 valence electrons. The van der Waals surface area contributed by atoms with Gasteiger partial charge in [-0.05, 0) is 29.5 Å². The van der Waals surface area contributed by atoms with Crippen LogP contribution >= 0.6 is 27.7 Å². The molecule has 0 spiro atoms. The molecule has 1 amide bonds. The molecule has 0 aliphatic carbocycles. The first kappa shape index (κ1) is 15.3. The number of anilines is 1. The van der Waals surface area contributed by atoms with Crippen LogP contribution in [0, 0.1) is 0 Å². The van der Waals surface area contributed by atoms with Crippen LogP contribution < -0.4 is 10.9 Å². The summed E-state index contributed by atoms with van der Waals surface area (Å²) in [5.74, 6) is 1.56. The minimum Gasteiger partial charge on any atom is -0.324 e. The molecular formula is C15H14BrN3O2S. The van der Waals surface area contributed by atoms with Crippen LogP contribution in [0.4, 0.5) is 5.69 Å². The fourth-order valence-electron chi connectivity index (χ4n) is 2.27. The quantitative estimate of drug-likeness (QED) is 0.889. The van der Waals surface area contributed by atoms with Crippen LogP contribution in [0.15, 0.2) is 39.6 Å². The molecule has 0 fully saturated rings. The number of halogens is 1. The van der Waals surface area contributed by atoms with Crippen LogP contribution in [0.1, 0.15) is 11.3 Å². The van der Waals surface area contributed by atoms with E-state index in [2.05, 4.69) is 26.3 Å². The van der Waals surface area contributed by atoms with Crippen molar-refractivity contribution in [2.75, 3.05) is 11.1 Å². The van der Waals surface area contributed by atoms with Crippen LogP contribution in [0.25, 0.3) is 0 Å². The number of nitrogens with one attached hydrogen (secondary N) is 1. The summed E-state index contributed by atoms with van der Waals surface area (Å²) >= 11 is 5.15. The van der Waals surface area contributed by atoms with E-state index < -0.39 is 0 Å². The number of fused-ring (bicyclic) bond motifs is 1. The van der Waals surface area contributed by atoms with Crippen molar-refractivity contribution >= 4 is 39.3 Å². The first-order valence-corrected chi connectivity index (χ1v) is 8.80. The molecule has 0 saturated heterocycles. The predicted octanol–water partition coefficient (Wildman–Crippen LogP) is 2.43. The van der Waals surface area contributed by atoms with E-state index in [0.29, 0.717) is 5.69 Å². The standard InChI is InChI=1S/C15H14BrN3O2S/c16-11-2-1-3-12(7-11)17-14(20)8-19-15(21)6-10-9-22-5-4-13(10)18-19/h1-3,6-7H,4-5,8-9H2,(H,17,20). The van der Waals surface area contributed by atoms with Gasteiger partial charge in [-0.25, -0.2) is 4.68 Å². The Morgan fingerprint density at radius 3 is 3.09 bits per heavy atom. The average Bonchev–Trinajstić information content (AvgIpc) is 2.48. The Labute approximate surface area is 140 Å². The van der Waals surface area contributed by atoms with Crippen molar-refractivity contribution in [1.82, 2.24) is 9.78 Å². The van der Waals surface area contributed by atoms with Gasteiger partial charge >= 0.3 is 0 Å². The second kappa shape index (κ2) is 6.66. The average molecular weight is 380 g/mol. The summed E-state index contributed by atoms with van der Waals surface area (Å²) in [5.41, 5.74) is 2.37. The predicted molar refractivity (Wildman–Crippen MR) is 91.1 cm³/mol. The van der Waals surface area contributed by atoms with Gasteiger partial charge in [0.2, 0.25) is 5.91 Å². The van der Waals surface area contributed by atoms with Crippen molar-refractivity contribution in [3.63, 3.8) is 0 Å². The number of benzene rings is 1. The molecule has 22 heavy (non-hydrogen) atoms. The lowest BCUT2D eigenvalue weighted by Crippen LogP contribution is -2.31. The van der Waals surface area contributed by atoms with Gasteiger partial charge in [-0.3, -0.25) is 9.59 Å². The lowest BCUT2D eigenvalue weighted by Gasteiger charge is -2.15. The number of amides is 1. The second-order valence-electron chi connectivity index (χ2n) is 4.97. The zero-order chi connectivity index (χ0) is 15.5. The molecule has 1 aliphatic rings. The zero-order valence-electron chi connectivity index (χ0n) is 11.7. The summed E-state index contributed by atoms with van der Waals surface area (Å²) in [6.45, 7) is -0.0776. The van der Waals surface area contributed by atoms with E-state index in [9.17, 15) is 9.59 Å².